The molecule has 2 unspecified atom stereocenters. The summed E-state index contributed by atoms with van der Waals surface area (Å²) in [6, 6.07) is 0. The van der Waals surface area contributed by atoms with E-state index < -0.39 is 6.09 Å². The van der Waals surface area contributed by atoms with Crippen LogP contribution in [0.3, 0.4) is 0 Å². The highest BCUT2D eigenvalue weighted by atomic mass is 16.4. The van der Waals surface area contributed by atoms with Crippen LogP contribution in [0.1, 0.15) is 32.1 Å². The Kier molecular flexibility index (Phi) is 2.54. The largest absolute Gasteiger partial charge is 0.464 e. The van der Waals surface area contributed by atoms with Gasteiger partial charge in [-0.3, -0.25) is 4.90 Å². The second-order valence-corrected chi connectivity index (χ2v) is 5.06. The molecular weight excluding hydrogens is 214 g/mol. The van der Waals surface area contributed by atoms with Crippen LogP contribution in [0.15, 0.2) is 35.7 Å². The average molecular weight is 231 g/mol. The summed E-state index contributed by atoms with van der Waals surface area (Å²) in [5.41, 5.74) is 2.45. The van der Waals surface area contributed by atoms with Crippen molar-refractivity contribution in [3.8, 4) is 0 Å². The second-order valence-electron chi connectivity index (χ2n) is 5.06. The molecule has 0 aromatic carbocycles. The van der Waals surface area contributed by atoms with Crippen LogP contribution in [0.4, 0.5) is 4.79 Å². The number of carbonyl (C=O) groups is 1. The molecule has 1 amide bonds. The molecule has 0 saturated heterocycles. The Bertz CT molecular complexity index is 434. The van der Waals surface area contributed by atoms with Crippen molar-refractivity contribution < 1.29 is 9.90 Å². The van der Waals surface area contributed by atoms with E-state index in [9.17, 15) is 9.90 Å². The molecule has 17 heavy (non-hydrogen) atoms. The van der Waals surface area contributed by atoms with E-state index >= 15 is 0 Å². The molecule has 1 aliphatic heterocycles. The van der Waals surface area contributed by atoms with E-state index in [2.05, 4.69) is 6.08 Å². The van der Waals surface area contributed by atoms with E-state index in [0.717, 1.165) is 18.5 Å². The Hall–Kier alpha value is -1.51. The number of rotatable bonds is 0. The Morgan fingerprint density at radius 3 is 3.00 bits per heavy atom. The average Bonchev–Trinajstić information content (AvgIpc) is 2.67. The summed E-state index contributed by atoms with van der Waals surface area (Å²) in [6.07, 6.45) is 12.6. The lowest BCUT2D eigenvalue weighted by Gasteiger charge is -2.32. The molecule has 1 heterocycles. The molecule has 0 aromatic rings. The molecule has 0 radical (unpaired) electrons. The third-order valence-electron chi connectivity index (χ3n) is 4.15. The maximum atomic E-state index is 11.4. The first-order chi connectivity index (χ1) is 8.27. The highest BCUT2D eigenvalue weighted by molar-refractivity contribution is 5.70. The zero-order chi connectivity index (χ0) is 11.8. The van der Waals surface area contributed by atoms with Gasteiger partial charge in [-0.05, 0) is 49.7 Å². The van der Waals surface area contributed by atoms with Gasteiger partial charge in [-0.2, -0.15) is 0 Å². The van der Waals surface area contributed by atoms with Crippen molar-refractivity contribution in [2.24, 2.45) is 11.8 Å². The van der Waals surface area contributed by atoms with Crippen LogP contribution in [-0.4, -0.2) is 16.1 Å². The second kappa shape index (κ2) is 4.06. The van der Waals surface area contributed by atoms with Gasteiger partial charge in [0.25, 0.3) is 0 Å². The van der Waals surface area contributed by atoms with Gasteiger partial charge in [0.2, 0.25) is 0 Å². The van der Waals surface area contributed by atoms with Gasteiger partial charge in [-0.1, -0.05) is 12.2 Å². The van der Waals surface area contributed by atoms with E-state index in [0.29, 0.717) is 11.8 Å². The summed E-state index contributed by atoms with van der Waals surface area (Å²) < 4.78 is 0. The number of amides is 1. The molecule has 2 aliphatic carbocycles. The first kappa shape index (κ1) is 10.6. The van der Waals surface area contributed by atoms with Crippen LogP contribution in [0.5, 0.6) is 0 Å². The number of fused-ring (bicyclic) bond motifs is 2. The molecule has 0 aromatic heterocycles. The van der Waals surface area contributed by atoms with Gasteiger partial charge in [-0.15, -0.1) is 0 Å². The SMILES string of the molecule is O=C(O)N1C=CC=CC2CCC3CCCC3=C21. The smallest absolute Gasteiger partial charge is 0.415 e. The lowest BCUT2D eigenvalue weighted by molar-refractivity contribution is 0.167. The van der Waals surface area contributed by atoms with E-state index in [1.54, 1.807) is 6.20 Å². The maximum absolute atomic E-state index is 11.4. The standard InChI is InChI=1S/C14H17NO2/c16-14(17)15-9-2-1-4-11-8-7-10-5-3-6-12(10)13(11)15/h1-2,4,9-11H,3,5-8H2,(H,16,17). The summed E-state index contributed by atoms with van der Waals surface area (Å²) in [6.45, 7) is 0. The minimum Gasteiger partial charge on any atom is -0.464 e. The molecule has 3 aliphatic rings. The van der Waals surface area contributed by atoms with Crippen molar-refractivity contribution in [1.29, 1.82) is 0 Å². The molecular formula is C14H17NO2. The fraction of sp³-hybridized carbons (Fsp3) is 0.500. The van der Waals surface area contributed by atoms with Gasteiger partial charge in [0.1, 0.15) is 0 Å². The molecule has 0 spiro atoms. The van der Waals surface area contributed by atoms with Gasteiger partial charge in [0.05, 0.1) is 0 Å². The van der Waals surface area contributed by atoms with E-state index in [-0.39, 0.29) is 0 Å². The Morgan fingerprint density at radius 1 is 1.29 bits per heavy atom. The number of hydrogen-bond acceptors (Lipinski definition) is 1. The van der Waals surface area contributed by atoms with E-state index in [1.165, 1.54) is 29.7 Å². The molecule has 1 saturated carbocycles. The van der Waals surface area contributed by atoms with Crippen LogP contribution >= 0.6 is 0 Å². The van der Waals surface area contributed by atoms with Crippen molar-refractivity contribution in [3.05, 3.63) is 35.7 Å². The summed E-state index contributed by atoms with van der Waals surface area (Å²) in [4.78, 5) is 12.8. The first-order valence-corrected chi connectivity index (χ1v) is 6.37. The number of carboxylic acid groups (broad SMARTS) is 1. The van der Waals surface area contributed by atoms with Crippen LogP contribution < -0.4 is 0 Å². The highest BCUT2D eigenvalue weighted by Gasteiger charge is 2.35. The van der Waals surface area contributed by atoms with Crippen molar-refractivity contribution in [2.45, 2.75) is 32.1 Å². The molecule has 3 heteroatoms. The topological polar surface area (TPSA) is 40.5 Å². The lowest BCUT2D eigenvalue weighted by Crippen LogP contribution is -2.30. The molecule has 1 fully saturated rings. The van der Waals surface area contributed by atoms with Crippen LogP contribution in [-0.2, 0) is 0 Å². The van der Waals surface area contributed by atoms with Crippen molar-refractivity contribution in [2.75, 3.05) is 0 Å². The predicted molar refractivity (Wildman–Crippen MR) is 65.2 cm³/mol. The Morgan fingerprint density at radius 2 is 2.18 bits per heavy atom. The number of hydrogen-bond donors (Lipinski definition) is 1. The summed E-state index contributed by atoms with van der Waals surface area (Å²) in [7, 11) is 0. The fourth-order valence-corrected chi connectivity index (χ4v) is 3.43. The third-order valence-corrected chi connectivity index (χ3v) is 4.15. The van der Waals surface area contributed by atoms with Crippen molar-refractivity contribution in [3.63, 3.8) is 0 Å². The van der Waals surface area contributed by atoms with Crippen LogP contribution in [0, 0.1) is 11.8 Å². The normalized spacial score (nSPS) is 31.2. The Balaban J connectivity index is 2.09. The predicted octanol–water partition coefficient (Wildman–Crippen LogP) is 3.51. The van der Waals surface area contributed by atoms with Crippen LogP contribution in [0.2, 0.25) is 0 Å². The van der Waals surface area contributed by atoms with E-state index in [4.69, 9.17) is 0 Å². The summed E-state index contributed by atoms with van der Waals surface area (Å²) in [5, 5.41) is 9.33. The third kappa shape index (κ3) is 1.70. The molecule has 90 valence electrons. The molecule has 2 atom stereocenters. The summed E-state index contributed by atoms with van der Waals surface area (Å²) >= 11 is 0. The minimum atomic E-state index is -0.856. The summed E-state index contributed by atoms with van der Waals surface area (Å²) in [5.74, 6) is 0.938. The van der Waals surface area contributed by atoms with Gasteiger partial charge in [0.15, 0.2) is 0 Å². The van der Waals surface area contributed by atoms with Crippen molar-refractivity contribution in [1.82, 2.24) is 4.90 Å². The van der Waals surface area contributed by atoms with Gasteiger partial charge in [-0.25, -0.2) is 4.79 Å². The molecule has 3 rings (SSSR count). The lowest BCUT2D eigenvalue weighted by atomic mass is 9.81. The zero-order valence-corrected chi connectivity index (χ0v) is 9.80. The van der Waals surface area contributed by atoms with Gasteiger partial charge >= 0.3 is 6.09 Å². The Labute approximate surface area is 101 Å². The zero-order valence-electron chi connectivity index (χ0n) is 9.80. The number of nitrogens with zero attached hydrogens (tertiary/aromatic N) is 1. The maximum Gasteiger partial charge on any atom is 0.415 e. The van der Waals surface area contributed by atoms with E-state index in [1.807, 2.05) is 12.2 Å². The number of allylic oxidation sites excluding steroid dienone is 4. The minimum absolute atomic E-state index is 0.297. The quantitative estimate of drug-likeness (QED) is 0.693. The monoisotopic (exact) mass is 231 g/mol. The van der Waals surface area contributed by atoms with Gasteiger partial charge < -0.3 is 5.11 Å². The first-order valence-electron chi connectivity index (χ1n) is 6.37. The highest BCUT2D eigenvalue weighted by Crippen LogP contribution is 2.45. The van der Waals surface area contributed by atoms with Crippen LogP contribution in [0.25, 0.3) is 0 Å². The van der Waals surface area contributed by atoms with Crippen molar-refractivity contribution >= 4 is 6.09 Å². The molecule has 0 bridgehead atoms. The molecule has 1 N–H and O–H groups in total. The molecule has 3 nitrogen and oxygen atoms in total. The fourth-order valence-electron chi connectivity index (χ4n) is 3.43. The van der Waals surface area contributed by atoms with Gasteiger partial charge in [0, 0.05) is 17.8 Å².